The van der Waals surface area contributed by atoms with Crippen LogP contribution in [0.2, 0.25) is 0 Å². The van der Waals surface area contributed by atoms with Gasteiger partial charge in [-0.25, -0.2) is 14.6 Å². The van der Waals surface area contributed by atoms with Crippen LogP contribution in [0.25, 0.3) is 0 Å². The van der Waals surface area contributed by atoms with Gasteiger partial charge < -0.3 is 10.6 Å². The molecule has 0 bridgehead atoms. The van der Waals surface area contributed by atoms with Crippen molar-refractivity contribution in [2.24, 2.45) is 0 Å². The zero-order valence-corrected chi connectivity index (χ0v) is 17.0. The predicted molar refractivity (Wildman–Crippen MR) is 110 cm³/mol. The van der Waals surface area contributed by atoms with E-state index in [0.717, 1.165) is 37.9 Å². The van der Waals surface area contributed by atoms with Crippen LogP contribution < -0.4 is 10.6 Å². The van der Waals surface area contributed by atoms with Crippen molar-refractivity contribution in [3.05, 3.63) is 60.1 Å². The molecular weight excluding hydrogens is 421 g/mol. The first-order chi connectivity index (χ1) is 15.4. The molecule has 1 fully saturated rings. The summed E-state index contributed by atoms with van der Waals surface area (Å²) in [6, 6.07) is 5.20. The quantitative estimate of drug-likeness (QED) is 0.590. The summed E-state index contributed by atoms with van der Waals surface area (Å²) < 4.78 is 41.4. The minimum absolute atomic E-state index is 0.0205. The van der Waals surface area contributed by atoms with Crippen LogP contribution in [-0.4, -0.2) is 30.8 Å². The summed E-state index contributed by atoms with van der Waals surface area (Å²) in [4.78, 5) is 11.9. The normalized spacial score (nSPS) is 18.7. The van der Waals surface area contributed by atoms with Gasteiger partial charge in [-0.1, -0.05) is 0 Å². The van der Waals surface area contributed by atoms with Crippen molar-refractivity contribution in [3.63, 3.8) is 0 Å². The zero-order valence-electron chi connectivity index (χ0n) is 17.0. The topological polar surface area (TPSA) is 104 Å². The second kappa shape index (κ2) is 9.21. The molecular formula is C21H21F3N8. The van der Waals surface area contributed by atoms with E-state index >= 15 is 0 Å². The average Bonchev–Trinajstić information content (AvgIpc) is 3.33. The van der Waals surface area contributed by atoms with Crippen molar-refractivity contribution >= 4 is 11.5 Å². The maximum absolute atomic E-state index is 13.2. The number of anilines is 2. The van der Waals surface area contributed by atoms with E-state index in [9.17, 15) is 18.4 Å². The van der Waals surface area contributed by atoms with E-state index in [1.807, 2.05) is 4.68 Å². The Balaban J connectivity index is 1.42. The highest BCUT2D eigenvalue weighted by molar-refractivity contribution is 5.62. The summed E-state index contributed by atoms with van der Waals surface area (Å²) in [5.74, 6) is 0.375. The molecule has 1 aliphatic rings. The van der Waals surface area contributed by atoms with Crippen LogP contribution in [0.5, 0.6) is 0 Å². The molecule has 3 aromatic rings. The summed E-state index contributed by atoms with van der Waals surface area (Å²) in [5, 5.41) is 20.0. The van der Waals surface area contributed by atoms with Gasteiger partial charge in [-0.15, -0.1) is 0 Å². The Kier molecular flexibility index (Phi) is 6.20. The maximum Gasteiger partial charge on any atom is 0.416 e. The van der Waals surface area contributed by atoms with Crippen LogP contribution in [0.15, 0.2) is 43.4 Å². The van der Waals surface area contributed by atoms with E-state index in [4.69, 9.17) is 0 Å². The number of aromatic nitrogens is 5. The number of alkyl halides is 3. The predicted octanol–water partition coefficient (Wildman–Crippen LogP) is 4.17. The molecule has 1 saturated carbocycles. The van der Waals surface area contributed by atoms with Crippen LogP contribution in [0.3, 0.4) is 0 Å². The fourth-order valence-electron chi connectivity index (χ4n) is 3.90. The van der Waals surface area contributed by atoms with Gasteiger partial charge in [0.25, 0.3) is 0 Å². The largest absolute Gasteiger partial charge is 0.416 e. The van der Waals surface area contributed by atoms with E-state index < -0.39 is 11.7 Å². The first-order valence-corrected chi connectivity index (χ1v) is 10.2. The molecule has 0 unspecified atom stereocenters. The molecule has 0 aliphatic heterocycles. The monoisotopic (exact) mass is 442 g/mol. The number of nitrogens with zero attached hydrogens (tertiary/aromatic N) is 6. The molecule has 3 heterocycles. The van der Waals surface area contributed by atoms with Crippen molar-refractivity contribution in [1.29, 1.82) is 5.26 Å². The number of rotatable bonds is 6. The summed E-state index contributed by atoms with van der Waals surface area (Å²) in [7, 11) is 0. The van der Waals surface area contributed by atoms with E-state index in [0.29, 0.717) is 23.1 Å². The van der Waals surface area contributed by atoms with Crippen LogP contribution in [0.4, 0.5) is 24.7 Å². The third-order valence-corrected chi connectivity index (χ3v) is 5.56. The molecule has 11 heteroatoms. The number of pyridine rings is 2. The standard InChI is InChI=1S/C21H21F3N8/c22-21(23,24)18-5-6-26-9-15(18)11-29-20-7-19(14(8-25)10-28-20)31-16-1-3-17(4-2-16)32-13-27-12-30-32/h5-7,9-10,12-13,16-17H,1-4,11H2,(H2,28,29,31). The van der Waals surface area contributed by atoms with Gasteiger partial charge in [0.15, 0.2) is 0 Å². The third-order valence-electron chi connectivity index (χ3n) is 5.56. The third kappa shape index (κ3) is 4.96. The van der Waals surface area contributed by atoms with Gasteiger partial charge in [-0.05, 0) is 31.7 Å². The molecule has 8 nitrogen and oxygen atoms in total. The highest BCUT2D eigenvalue weighted by atomic mass is 19.4. The molecule has 1 aliphatic carbocycles. The number of hydrogen-bond donors (Lipinski definition) is 2. The Morgan fingerprint density at radius 1 is 1.16 bits per heavy atom. The van der Waals surface area contributed by atoms with E-state index in [-0.39, 0.29) is 18.2 Å². The Morgan fingerprint density at radius 2 is 1.97 bits per heavy atom. The number of halogens is 3. The molecule has 0 radical (unpaired) electrons. The molecule has 32 heavy (non-hydrogen) atoms. The Morgan fingerprint density at radius 3 is 2.66 bits per heavy atom. The summed E-state index contributed by atoms with van der Waals surface area (Å²) in [6.07, 6.45) is 6.15. The Labute approximate surface area is 182 Å². The average molecular weight is 442 g/mol. The second-order valence-electron chi connectivity index (χ2n) is 7.64. The van der Waals surface area contributed by atoms with Gasteiger partial charge in [0, 0.05) is 42.8 Å². The first-order valence-electron chi connectivity index (χ1n) is 10.2. The fraction of sp³-hybridized carbons (Fsp3) is 0.381. The Bertz CT molecular complexity index is 1080. The minimum Gasteiger partial charge on any atom is -0.381 e. The van der Waals surface area contributed by atoms with Gasteiger partial charge in [-0.2, -0.15) is 23.5 Å². The van der Waals surface area contributed by atoms with Gasteiger partial charge in [-0.3, -0.25) is 4.98 Å². The molecule has 4 rings (SSSR count). The highest BCUT2D eigenvalue weighted by Gasteiger charge is 2.33. The van der Waals surface area contributed by atoms with Crippen molar-refractivity contribution in [3.8, 4) is 6.07 Å². The molecule has 2 N–H and O–H groups in total. The molecule has 166 valence electrons. The van der Waals surface area contributed by atoms with Crippen LogP contribution in [0.1, 0.15) is 48.4 Å². The smallest absolute Gasteiger partial charge is 0.381 e. The van der Waals surface area contributed by atoms with Crippen molar-refractivity contribution in [2.75, 3.05) is 10.6 Å². The second-order valence-corrected chi connectivity index (χ2v) is 7.64. The minimum atomic E-state index is -4.46. The number of hydrogen-bond acceptors (Lipinski definition) is 7. The highest BCUT2D eigenvalue weighted by Crippen LogP contribution is 2.32. The summed E-state index contributed by atoms with van der Waals surface area (Å²) in [5.41, 5.74) is 0.269. The first kappa shape index (κ1) is 21.5. The maximum atomic E-state index is 13.2. The van der Waals surface area contributed by atoms with E-state index in [2.05, 4.69) is 36.8 Å². The van der Waals surface area contributed by atoms with Crippen molar-refractivity contribution < 1.29 is 13.2 Å². The molecule has 0 aromatic carbocycles. The van der Waals surface area contributed by atoms with Crippen LogP contribution in [-0.2, 0) is 12.7 Å². The number of nitrogens with one attached hydrogen (secondary N) is 2. The van der Waals surface area contributed by atoms with Crippen molar-refractivity contribution in [1.82, 2.24) is 24.7 Å². The molecule has 0 amide bonds. The molecule has 0 atom stereocenters. The number of nitriles is 1. The Hall–Kier alpha value is -3.68. The lowest BCUT2D eigenvalue weighted by Crippen LogP contribution is -2.28. The summed E-state index contributed by atoms with van der Waals surface area (Å²) in [6.45, 7) is -0.0932. The zero-order chi connectivity index (χ0) is 22.6. The van der Waals surface area contributed by atoms with Crippen LogP contribution >= 0.6 is 0 Å². The fourth-order valence-corrected chi connectivity index (χ4v) is 3.90. The lowest BCUT2D eigenvalue weighted by atomic mass is 9.91. The summed E-state index contributed by atoms with van der Waals surface area (Å²) >= 11 is 0. The molecule has 0 spiro atoms. The van der Waals surface area contributed by atoms with Gasteiger partial charge >= 0.3 is 6.18 Å². The van der Waals surface area contributed by atoms with E-state index in [1.165, 1.54) is 18.7 Å². The van der Waals surface area contributed by atoms with Crippen LogP contribution in [0, 0.1) is 11.3 Å². The van der Waals surface area contributed by atoms with E-state index in [1.54, 1.807) is 12.4 Å². The molecule has 3 aromatic heterocycles. The van der Waals surface area contributed by atoms with Gasteiger partial charge in [0.1, 0.15) is 24.5 Å². The lowest BCUT2D eigenvalue weighted by molar-refractivity contribution is -0.138. The molecule has 0 saturated heterocycles. The van der Waals surface area contributed by atoms with Gasteiger partial charge in [0.2, 0.25) is 0 Å². The SMILES string of the molecule is N#Cc1cnc(NCc2cnccc2C(F)(F)F)cc1NC1CCC(n2cncn2)CC1. The van der Waals surface area contributed by atoms with Gasteiger partial charge in [0.05, 0.1) is 22.9 Å². The van der Waals surface area contributed by atoms with Crippen molar-refractivity contribution in [2.45, 2.75) is 50.5 Å². The lowest BCUT2D eigenvalue weighted by Gasteiger charge is -2.30.